The number of benzene rings is 1. The third-order valence-electron chi connectivity index (χ3n) is 8.00. The van der Waals surface area contributed by atoms with Crippen molar-refractivity contribution in [2.45, 2.75) is 64.1 Å². The Bertz CT molecular complexity index is 853. The van der Waals surface area contributed by atoms with E-state index in [1.165, 1.54) is 11.1 Å². The summed E-state index contributed by atoms with van der Waals surface area (Å²) in [6.07, 6.45) is 5.59. The van der Waals surface area contributed by atoms with Gasteiger partial charge in [-0.1, -0.05) is 12.1 Å². The van der Waals surface area contributed by atoms with Crippen molar-refractivity contribution in [2.75, 3.05) is 32.8 Å². The van der Waals surface area contributed by atoms with Gasteiger partial charge in [0.05, 0.1) is 6.10 Å². The maximum absolute atomic E-state index is 13.2. The largest absolute Gasteiger partial charge is 0.486 e. The highest BCUT2D eigenvalue weighted by Gasteiger charge is 2.53. The molecule has 5 rings (SSSR count). The van der Waals surface area contributed by atoms with Gasteiger partial charge in [-0.2, -0.15) is 0 Å². The number of carbonyl (C=O) groups excluding carboxylic acids is 2. The molecule has 1 aromatic rings. The SMILES string of the molecule is CC(=O)N1CCC(C(=O)N2CCC3(CC2)Oc2cc(C)ccc2[C@H]2OCCC[C@@H]23)CC1. The second kappa shape index (κ2) is 8.12. The summed E-state index contributed by atoms with van der Waals surface area (Å²) in [7, 11) is 0. The van der Waals surface area contributed by atoms with Crippen LogP contribution in [0.5, 0.6) is 5.75 Å². The first-order valence-corrected chi connectivity index (χ1v) is 11.9. The fourth-order valence-electron chi connectivity index (χ4n) is 6.16. The molecule has 0 unspecified atom stereocenters. The molecule has 1 spiro atoms. The number of fused-ring (bicyclic) bond motifs is 4. The van der Waals surface area contributed by atoms with E-state index in [2.05, 4.69) is 25.1 Å². The highest BCUT2D eigenvalue weighted by molar-refractivity contribution is 5.80. The molecule has 1 aromatic carbocycles. The number of nitrogens with zero attached hydrogens (tertiary/aromatic N) is 2. The Kier molecular flexibility index (Phi) is 5.45. The van der Waals surface area contributed by atoms with Crippen molar-refractivity contribution in [3.63, 3.8) is 0 Å². The van der Waals surface area contributed by atoms with Crippen molar-refractivity contribution in [2.24, 2.45) is 11.8 Å². The maximum atomic E-state index is 13.2. The minimum Gasteiger partial charge on any atom is -0.486 e. The van der Waals surface area contributed by atoms with Crippen LogP contribution in [-0.4, -0.2) is 60.0 Å². The van der Waals surface area contributed by atoms with E-state index in [-0.39, 0.29) is 29.4 Å². The summed E-state index contributed by atoms with van der Waals surface area (Å²) >= 11 is 0. The van der Waals surface area contributed by atoms with Crippen LogP contribution in [0, 0.1) is 18.8 Å². The lowest BCUT2D eigenvalue weighted by Crippen LogP contribution is -2.58. The van der Waals surface area contributed by atoms with E-state index in [1.807, 2.05) is 9.80 Å². The van der Waals surface area contributed by atoms with Gasteiger partial charge in [0.25, 0.3) is 0 Å². The van der Waals surface area contributed by atoms with Gasteiger partial charge in [-0.05, 0) is 44.2 Å². The molecule has 6 nitrogen and oxygen atoms in total. The van der Waals surface area contributed by atoms with Crippen molar-refractivity contribution in [1.29, 1.82) is 0 Å². The first kappa shape index (κ1) is 20.8. The Labute approximate surface area is 184 Å². The van der Waals surface area contributed by atoms with E-state index in [0.29, 0.717) is 19.0 Å². The summed E-state index contributed by atoms with van der Waals surface area (Å²) in [5, 5.41) is 0. The maximum Gasteiger partial charge on any atom is 0.225 e. The van der Waals surface area contributed by atoms with E-state index in [1.54, 1.807) is 6.92 Å². The Morgan fingerprint density at radius 1 is 1.03 bits per heavy atom. The average molecular weight is 427 g/mol. The minimum atomic E-state index is -0.235. The van der Waals surface area contributed by atoms with Crippen LogP contribution < -0.4 is 4.74 Å². The predicted molar refractivity (Wildman–Crippen MR) is 117 cm³/mol. The summed E-state index contributed by atoms with van der Waals surface area (Å²) in [5.74, 6) is 1.75. The molecule has 6 heteroatoms. The summed E-state index contributed by atoms with van der Waals surface area (Å²) in [5.41, 5.74) is 2.16. The van der Waals surface area contributed by atoms with Crippen molar-refractivity contribution in [1.82, 2.24) is 9.80 Å². The standard InChI is InChI=1S/C25H34N2O4/c1-17-5-6-20-22(16-17)31-25(21-4-3-15-30-23(20)21)9-13-27(14-10-25)24(29)19-7-11-26(12-8-19)18(2)28/h5-6,16,19,21,23H,3-4,7-15H2,1-2H3/t21-,23+/m0/s1. The number of piperidine rings is 2. The molecule has 2 amide bonds. The van der Waals surface area contributed by atoms with Crippen LogP contribution in [0.1, 0.15) is 62.7 Å². The molecule has 0 N–H and O–H groups in total. The van der Waals surface area contributed by atoms with Crippen molar-refractivity contribution in [3.8, 4) is 5.75 Å². The minimum absolute atomic E-state index is 0.0473. The summed E-state index contributed by atoms with van der Waals surface area (Å²) in [4.78, 5) is 28.7. The molecule has 3 fully saturated rings. The van der Waals surface area contributed by atoms with Gasteiger partial charge in [-0.15, -0.1) is 0 Å². The lowest BCUT2D eigenvalue weighted by molar-refractivity contribution is -0.159. The van der Waals surface area contributed by atoms with Gasteiger partial charge in [0.2, 0.25) is 11.8 Å². The second-order valence-electron chi connectivity index (χ2n) is 9.85. The predicted octanol–water partition coefficient (Wildman–Crippen LogP) is 3.47. The van der Waals surface area contributed by atoms with Crippen LogP contribution in [0.4, 0.5) is 0 Å². The van der Waals surface area contributed by atoms with Crippen LogP contribution in [0.25, 0.3) is 0 Å². The zero-order valence-electron chi connectivity index (χ0n) is 18.8. The molecule has 4 heterocycles. The van der Waals surface area contributed by atoms with Gasteiger partial charge in [0, 0.05) is 70.0 Å². The molecule has 0 bridgehead atoms. The average Bonchev–Trinajstić information content (AvgIpc) is 2.79. The van der Waals surface area contributed by atoms with E-state index >= 15 is 0 Å². The van der Waals surface area contributed by atoms with Gasteiger partial charge in [0.15, 0.2) is 0 Å². The van der Waals surface area contributed by atoms with Crippen molar-refractivity contribution < 1.29 is 19.1 Å². The van der Waals surface area contributed by atoms with Gasteiger partial charge < -0.3 is 19.3 Å². The Morgan fingerprint density at radius 3 is 2.48 bits per heavy atom. The number of hydrogen-bond donors (Lipinski definition) is 0. The van der Waals surface area contributed by atoms with Gasteiger partial charge in [-0.3, -0.25) is 9.59 Å². The topological polar surface area (TPSA) is 59.1 Å². The number of rotatable bonds is 1. The van der Waals surface area contributed by atoms with E-state index < -0.39 is 0 Å². The smallest absolute Gasteiger partial charge is 0.225 e. The Morgan fingerprint density at radius 2 is 1.77 bits per heavy atom. The van der Waals surface area contributed by atoms with Gasteiger partial charge in [-0.25, -0.2) is 0 Å². The Hall–Kier alpha value is -2.08. The van der Waals surface area contributed by atoms with Crippen LogP contribution in [0.15, 0.2) is 18.2 Å². The van der Waals surface area contributed by atoms with Crippen molar-refractivity contribution >= 4 is 11.8 Å². The summed E-state index contributed by atoms with van der Waals surface area (Å²) in [6.45, 7) is 7.41. The first-order chi connectivity index (χ1) is 15.0. The molecule has 0 saturated carbocycles. The van der Waals surface area contributed by atoms with Crippen LogP contribution in [0.2, 0.25) is 0 Å². The summed E-state index contributed by atoms with van der Waals surface area (Å²) < 4.78 is 13.0. The number of aryl methyl sites for hydroxylation is 1. The molecule has 3 saturated heterocycles. The van der Waals surface area contributed by atoms with Gasteiger partial charge >= 0.3 is 0 Å². The molecule has 0 radical (unpaired) electrons. The number of amides is 2. The molecule has 2 atom stereocenters. The highest BCUT2D eigenvalue weighted by Crippen LogP contribution is 2.53. The fourth-order valence-corrected chi connectivity index (χ4v) is 6.16. The lowest BCUT2D eigenvalue weighted by Gasteiger charge is -2.53. The molecule has 0 aromatic heterocycles. The third kappa shape index (κ3) is 3.73. The molecule has 31 heavy (non-hydrogen) atoms. The highest BCUT2D eigenvalue weighted by atomic mass is 16.5. The summed E-state index contributed by atoms with van der Waals surface area (Å²) in [6, 6.07) is 6.46. The number of ether oxygens (including phenoxy) is 2. The Balaban J connectivity index is 1.29. The third-order valence-corrected chi connectivity index (χ3v) is 8.00. The molecule has 4 aliphatic rings. The fraction of sp³-hybridized carbons (Fsp3) is 0.680. The van der Waals surface area contributed by atoms with Gasteiger partial charge in [0.1, 0.15) is 11.4 Å². The number of likely N-dealkylation sites (tertiary alicyclic amines) is 2. The first-order valence-electron chi connectivity index (χ1n) is 11.9. The van der Waals surface area contributed by atoms with Crippen LogP contribution in [-0.2, 0) is 14.3 Å². The van der Waals surface area contributed by atoms with E-state index in [4.69, 9.17) is 9.47 Å². The molecule has 168 valence electrons. The van der Waals surface area contributed by atoms with E-state index in [0.717, 1.165) is 64.0 Å². The zero-order valence-corrected chi connectivity index (χ0v) is 18.8. The zero-order chi connectivity index (χ0) is 21.6. The lowest BCUT2D eigenvalue weighted by atomic mass is 9.69. The number of carbonyl (C=O) groups is 2. The quantitative estimate of drug-likeness (QED) is 0.690. The normalized spacial score (nSPS) is 27.9. The molecular formula is C25H34N2O4. The van der Waals surface area contributed by atoms with E-state index in [9.17, 15) is 9.59 Å². The monoisotopic (exact) mass is 426 g/mol. The molecule has 4 aliphatic heterocycles. The van der Waals surface area contributed by atoms with Crippen LogP contribution in [0.3, 0.4) is 0 Å². The molecular weight excluding hydrogens is 392 g/mol. The van der Waals surface area contributed by atoms with Crippen molar-refractivity contribution in [3.05, 3.63) is 29.3 Å². The molecule has 0 aliphatic carbocycles. The second-order valence-corrected chi connectivity index (χ2v) is 9.85. The number of hydrogen-bond acceptors (Lipinski definition) is 4. The van der Waals surface area contributed by atoms with Crippen LogP contribution >= 0.6 is 0 Å².